The third-order valence-corrected chi connectivity index (χ3v) is 1.90. The van der Waals surface area contributed by atoms with Crippen LogP contribution in [0.5, 0.6) is 0 Å². The average molecular weight is 251 g/mol. The van der Waals surface area contributed by atoms with Gasteiger partial charge in [0.1, 0.15) is 0 Å². The fourth-order valence-corrected chi connectivity index (χ4v) is 0.989. The molecule has 0 aliphatic heterocycles. The van der Waals surface area contributed by atoms with Gasteiger partial charge in [0.15, 0.2) is 0 Å². The minimum atomic E-state index is -0.586. The Balaban J connectivity index is 2.94. The number of hydrogen-bond acceptors (Lipinski definition) is 6. The SMILES string of the molecule is CCOCCOCCOCCOCC(O)CN. The van der Waals surface area contributed by atoms with Gasteiger partial charge in [-0.05, 0) is 6.92 Å². The Hall–Kier alpha value is -0.240. The monoisotopic (exact) mass is 251 g/mol. The highest BCUT2D eigenvalue weighted by Crippen LogP contribution is 1.85. The van der Waals surface area contributed by atoms with E-state index in [4.69, 9.17) is 29.8 Å². The Bertz CT molecular complexity index is 148. The van der Waals surface area contributed by atoms with Gasteiger partial charge >= 0.3 is 0 Å². The molecule has 0 aliphatic carbocycles. The summed E-state index contributed by atoms with van der Waals surface area (Å²) < 4.78 is 20.7. The van der Waals surface area contributed by atoms with Crippen molar-refractivity contribution in [1.29, 1.82) is 0 Å². The van der Waals surface area contributed by atoms with Crippen LogP contribution in [-0.2, 0) is 18.9 Å². The molecule has 0 aromatic carbocycles. The summed E-state index contributed by atoms with van der Waals surface area (Å²) in [6, 6.07) is 0. The van der Waals surface area contributed by atoms with Gasteiger partial charge in [0, 0.05) is 13.2 Å². The molecule has 6 nitrogen and oxygen atoms in total. The van der Waals surface area contributed by atoms with Crippen molar-refractivity contribution in [2.75, 3.05) is 59.4 Å². The lowest BCUT2D eigenvalue weighted by Crippen LogP contribution is -2.26. The van der Waals surface area contributed by atoms with Gasteiger partial charge in [0.2, 0.25) is 0 Å². The summed E-state index contributed by atoms with van der Waals surface area (Å²) in [6.45, 7) is 6.39. The lowest BCUT2D eigenvalue weighted by Gasteiger charge is -2.09. The molecule has 0 aliphatic rings. The first kappa shape index (κ1) is 16.8. The molecular formula is C11H25NO5. The molecule has 0 aromatic heterocycles. The molecule has 104 valence electrons. The molecule has 0 saturated heterocycles. The second-order valence-corrected chi connectivity index (χ2v) is 3.39. The van der Waals surface area contributed by atoms with E-state index in [9.17, 15) is 0 Å². The molecule has 0 radical (unpaired) electrons. The second kappa shape index (κ2) is 13.8. The maximum Gasteiger partial charge on any atom is 0.0895 e. The van der Waals surface area contributed by atoms with E-state index in [1.54, 1.807) is 0 Å². The van der Waals surface area contributed by atoms with Gasteiger partial charge in [0.05, 0.1) is 52.4 Å². The van der Waals surface area contributed by atoms with Crippen molar-refractivity contribution in [2.24, 2.45) is 5.73 Å². The zero-order valence-electron chi connectivity index (χ0n) is 10.6. The summed E-state index contributed by atoms with van der Waals surface area (Å²) in [5.41, 5.74) is 5.21. The van der Waals surface area contributed by atoms with Crippen LogP contribution >= 0.6 is 0 Å². The highest BCUT2D eigenvalue weighted by Gasteiger charge is 1.99. The van der Waals surface area contributed by atoms with Crippen LogP contribution in [0.15, 0.2) is 0 Å². The van der Waals surface area contributed by atoms with Crippen LogP contribution in [0.2, 0.25) is 0 Å². The minimum absolute atomic E-state index is 0.217. The van der Waals surface area contributed by atoms with Crippen molar-refractivity contribution < 1.29 is 24.1 Å². The average Bonchev–Trinajstić information content (AvgIpc) is 2.35. The van der Waals surface area contributed by atoms with Crippen LogP contribution in [0.3, 0.4) is 0 Å². The van der Waals surface area contributed by atoms with E-state index in [0.717, 1.165) is 0 Å². The van der Waals surface area contributed by atoms with Gasteiger partial charge in [0.25, 0.3) is 0 Å². The van der Waals surface area contributed by atoms with E-state index >= 15 is 0 Å². The van der Waals surface area contributed by atoms with Gasteiger partial charge in [-0.25, -0.2) is 0 Å². The third-order valence-electron chi connectivity index (χ3n) is 1.90. The van der Waals surface area contributed by atoms with Crippen LogP contribution < -0.4 is 5.73 Å². The van der Waals surface area contributed by atoms with Gasteiger partial charge in [-0.15, -0.1) is 0 Å². The van der Waals surface area contributed by atoms with Gasteiger partial charge in [-0.3, -0.25) is 0 Å². The van der Waals surface area contributed by atoms with E-state index in [1.807, 2.05) is 6.92 Å². The summed E-state index contributed by atoms with van der Waals surface area (Å²) >= 11 is 0. The molecule has 0 spiro atoms. The van der Waals surface area contributed by atoms with E-state index in [-0.39, 0.29) is 13.2 Å². The standard InChI is InChI=1S/C11H25NO5/c1-2-14-3-4-15-5-6-16-7-8-17-10-11(13)9-12/h11,13H,2-10,12H2,1H3. The quantitative estimate of drug-likeness (QED) is 0.425. The maximum absolute atomic E-state index is 9.08. The Kier molecular flexibility index (Phi) is 13.6. The molecule has 0 aromatic rings. The molecule has 1 atom stereocenters. The Morgan fingerprint density at radius 3 is 1.82 bits per heavy atom. The predicted octanol–water partition coefficient (Wildman–Crippen LogP) is -0.608. The zero-order valence-corrected chi connectivity index (χ0v) is 10.6. The van der Waals surface area contributed by atoms with Crippen LogP contribution in [0.1, 0.15) is 6.92 Å². The molecule has 17 heavy (non-hydrogen) atoms. The first-order chi connectivity index (χ1) is 8.31. The topological polar surface area (TPSA) is 83.2 Å². The first-order valence-electron chi connectivity index (χ1n) is 6.00. The summed E-state index contributed by atoms with van der Waals surface area (Å²) in [6.07, 6.45) is -0.586. The number of nitrogens with two attached hydrogens (primary N) is 1. The number of aliphatic hydroxyl groups is 1. The van der Waals surface area contributed by atoms with Crippen molar-refractivity contribution in [2.45, 2.75) is 13.0 Å². The number of rotatable bonds is 13. The Morgan fingerprint density at radius 1 is 0.882 bits per heavy atom. The van der Waals surface area contributed by atoms with E-state index in [0.29, 0.717) is 46.2 Å². The van der Waals surface area contributed by atoms with Gasteiger partial charge < -0.3 is 29.8 Å². The largest absolute Gasteiger partial charge is 0.389 e. The summed E-state index contributed by atoms with van der Waals surface area (Å²) in [7, 11) is 0. The number of aliphatic hydroxyl groups excluding tert-OH is 1. The smallest absolute Gasteiger partial charge is 0.0895 e. The highest BCUT2D eigenvalue weighted by molar-refractivity contribution is 4.51. The normalized spacial score (nSPS) is 12.9. The van der Waals surface area contributed by atoms with Crippen LogP contribution in [0.25, 0.3) is 0 Å². The first-order valence-corrected chi connectivity index (χ1v) is 6.00. The molecule has 0 bridgehead atoms. The molecule has 0 fully saturated rings. The maximum atomic E-state index is 9.08. The van der Waals surface area contributed by atoms with Crippen molar-refractivity contribution in [1.82, 2.24) is 0 Å². The molecule has 1 unspecified atom stereocenters. The molecule has 0 heterocycles. The lowest BCUT2D eigenvalue weighted by molar-refractivity contribution is -0.0146. The summed E-state index contributed by atoms with van der Waals surface area (Å²) in [5, 5.41) is 9.08. The zero-order chi connectivity index (χ0) is 12.8. The highest BCUT2D eigenvalue weighted by atomic mass is 16.6. The minimum Gasteiger partial charge on any atom is -0.389 e. The molecular weight excluding hydrogens is 226 g/mol. The third kappa shape index (κ3) is 13.7. The fraction of sp³-hybridized carbons (Fsp3) is 1.00. The molecule has 3 N–H and O–H groups in total. The number of hydrogen-bond donors (Lipinski definition) is 2. The van der Waals surface area contributed by atoms with Crippen LogP contribution in [-0.4, -0.2) is 70.6 Å². The second-order valence-electron chi connectivity index (χ2n) is 3.39. The van der Waals surface area contributed by atoms with E-state index in [2.05, 4.69) is 0 Å². The van der Waals surface area contributed by atoms with Crippen LogP contribution in [0, 0.1) is 0 Å². The van der Waals surface area contributed by atoms with E-state index < -0.39 is 6.10 Å². The fourth-order valence-electron chi connectivity index (χ4n) is 0.989. The lowest BCUT2D eigenvalue weighted by atomic mass is 10.4. The summed E-state index contributed by atoms with van der Waals surface area (Å²) in [5.74, 6) is 0. The number of ether oxygens (including phenoxy) is 4. The molecule has 6 heteroatoms. The van der Waals surface area contributed by atoms with Gasteiger partial charge in [-0.1, -0.05) is 0 Å². The summed E-state index contributed by atoms with van der Waals surface area (Å²) in [4.78, 5) is 0. The van der Waals surface area contributed by atoms with Crippen molar-refractivity contribution in [3.8, 4) is 0 Å². The molecule has 0 rings (SSSR count). The molecule has 0 saturated carbocycles. The van der Waals surface area contributed by atoms with Crippen molar-refractivity contribution in [3.63, 3.8) is 0 Å². The molecule has 0 amide bonds. The van der Waals surface area contributed by atoms with E-state index in [1.165, 1.54) is 0 Å². The Morgan fingerprint density at radius 2 is 1.35 bits per heavy atom. The van der Waals surface area contributed by atoms with Crippen LogP contribution in [0.4, 0.5) is 0 Å². The van der Waals surface area contributed by atoms with Crippen molar-refractivity contribution in [3.05, 3.63) is 0 Å². The predicted molar refractivity (Wildman–Crippen MR) is 64.0 cm³/mol. The van der Waals surface area contributed by atoms with Gasteiger partial charge in [-0.2, -0.15) is 0 Å². The Labute approximate surface area is 103 Å². The van der Waals surface area contributed by atoms with Crippen molar-refractivity contribution >= 4 is 0 Å².